The number of hydrogen-bond acceptors (Lipinski definition) is 2. The summed E-state index contributed by atoms with van der Waals surface area (Å²) >= 11 is 0. The molecule has 1 aromatic carbocycles. The third kappa shape index (κ3) is 2.99. The molecule has 0 atom stereocenters. The zero-order valence-electron chi connectivity index (χ0n) is 10.6. The smallest absolute Gasteiger partial charge is 0.226 e. The van der Waals surface area contributed by atoms with Crippen LogP contribution in [0.4, 0.5) is 11.4 Å². The minimum Gasteiger partial charge on any atom is -0.369 e. The number of para-hydroxylation sites is 2. The van der Waals surface area contributed by atoms with E-state index in [9.17, 15) is 4.79 Å². The lowest BCUT2D eigenvalue weighted by Gasteiger charge is -2.24. The molecule has 3 nitrogen and oxygen atoms in total. The normalized spacial score (nSPS) is 15.5. The van der Waals surface area contributed by atoms with Crippen LogP contribution in [-0.2, 0) is 4.79 Å². The molecule has 2 rings (SSSR count). The summed E-state index contributed by atoms with van der Waals surface area (Å²) in [5.41, 5.74) is 2.10. The maximum Gasteiger partial charge on any atom is 0.226 e. The molecule has 0 aromatic heterocycles. The average Bonchev–Trinajstić information content (AvgIpc) is 2.45. The number of rotatable bonds is 3. The first-order valence-corrected chi connectivity index (χ1v) is 6.30. The van der Waals surface area contributed by atoms with Gasteiger partial charge in [-0.05, 0) is 24.5 Å². The van der Waals surface area contributed by atoms with E-state index in [2.05, 4.69) is 30.1 Å². The Labute approximate surface area is 103 Å². The van der Waals surface area contributed by atoms with E-state index in [-0.39, 0.29) is 5.91 Å². The van der Waals surface area contributed by atoms with E-state index >= 15 is 0 Å². The first kappa shape index (κ1) is 12.0. The van der Waals surface area contributed by atoms with Crippen LogP contribution in [0.3, 0.4) is 0 Å². The van der Waals surface area contributed by atoms with Gasteiger partial charge in [0.25, 0.3) is 0 Å². The summed E-state index contributed by atoms with van der Waals surface area (Å²) < 4.78 is 0. The second kappa shape index (κ2) is 5.21. The lowest BCUT2D eigenvalue weighted by molar-refractivity contribution is -0.115. The number of anilines is 2. The molecule has 1 heterocycles. The van der Waals surface area contributed by atoms with Crippen molar-refractivity contribution in [2.24, 2.45) is 5.92 Å². The van der Waals surface area contributed by atoms with Gasteiger partial charge in [0.05, 0.1) is 11.4 Å². The molecule has 0 aliphatic carbocycles. The van der Waals surface area contributed by atoms with Crippen molar-refractivity contribution in [3.05, 3.63) is 24.3 Å². The number of amides is 1. The van der Waals surface area contributed by atoms with Gasteiger partial charge >= 0.3 is 0 Å². The average molecular weight is 232 g/mol. The number of benzene rings is 1. The van der Waals surface area contributed by atoms with Gasteiger partial charge in [-0.3, -0.25) is 4.79 Å². The van der Waals surface area contributed by atoms with E-state index in [1.165, 1.54) is 0 Å². The van der Waals surface area contributed by atoms with Crippen LogP contribution in [-0.4, -0.2) is 19.0 Å². The maximum atomic E-state index is 11.6. The molecule has 0 fully saturated rings. The first-order valence-electron chi connectivity index (χ1n) is 6.30. The van der Waals surface area contributed by atoms with Gasteiger partial charge in [-0.1, -0.05) is 26.0 Å². The molecule has 1 amide bonds. The van der Waals surface area contributed by atoms with Gasteiger partial charge in [-0.15, -0.1) is 0 Å². The molecule has 1 aromatic rings. The highest BCUT2D eigenvalue weighted by atomic mass is 16.1. The molecule has 1 N–H and O–H groups in total. The van der Waals surface area contributed by atoms with Crippen LogP contribution < -0.4 is 10.2 Å². The monoisotopic (exact) mass is 232 g/mol. The molecular formula is C14H20N2O. The number of nitrogens with one attached hydrogen (secondary N) is 1. The molecule has 0 saturated heterocycles. The van der Waals surface area contributed by atoms with Crippen LogP contribution in [0.1, 0.15) is 26.7 Å². The minimum absolute atomic E-state index is 0.115. The van der Waals surface area contributed by atoms with Crippen molar-refractivity contribution in [2.75, 3.05) is 23.3 Å². The van der Waals surface area contributed by atoms with Gasteiger partial charge in [0.15, 0.2) is 0 Å². The van der Waals surface area contributed by atoms with E-state index in [0.29, 0.717) is 12.3 Å². The summed E-state index contributed by atoms with van der Waals surface area (Å²) in [6, 6.07) is 8.05. The highest BCUT2D eigenvalue weighted by molar-refractivity contribution is 5.96. The predicted molar refractivity (Wildman–Crippen MR) is 71.4 cm³/mol. The summed E-state index contributed by atoms with van der Waals surface area (Å²) in [6.45, 7) is 6.29. The van der Waals surface area contributed by atoms with E-state index in [1.807, 2.05) is 18.2 Å². The lowest BCUT2D eigenvalue weighted by atomic mass is 10.1. The lowest BCUT2D eigenvalue weighted by Crippen LogP contribution is -2.26. The molecule has 0 spiro atoms. The van der Waals surface area contributed by atoms with Crippen molar-refractivity contribution < 1.29 is 4.79 Å². The number of nitrogens with zero attached hydrogens (tertiary/aromatic N) is 1. The number of carbonyl (C=O) groups is 1. The maximum absolute atomic E-state index is 11.6. The Balaban J connectivity index is 2.19. The van der Waals surface area contributed by atoms with E-state index in [4.69, 9.17) is 0 Å². The molecule has 1 aliphatic rings. The Hall–Kier alpha value is -1.51. The molecule has 0 saturated carbocycles. The summed E-state index contributed by atoms with van der Waals surface area (Å²) in [4.78, 5) is 13.9. The van der Waals surface area contributed by atoms with Crippen LogP contribution in [0.2, 0.25) is 0 Å². The molecule has 0 radical (unpaired) electrons. The predicted octanol–water partition coefficient (Wildman–Crippen LogP) is 2.88. The van der Waals surface area contributed by atoms with Crippen molar-refractivity contribution in [3.63, 3.8) is 0 Å². The largest absolute Gasteiger partial charge is 0.369 e. The van der Waals surface area contributed by atoms with Gasteiger partial charge in [-0.2, -0.15) is 0 Å². The second-order valence-corrected chi connectivity index (χ2v) is 4.98. The fourth-order valence-corrected chi connectivity index (χ4v) is 2.07. The topological polar surface area (TPSA) is 32.3 Å². The Morgan fingerprint density at radius 2 is 2.12 bits per heavy atom. The molecule has 0 bridgehead atoms. The van der Waals surface area contributed by atoms with Crippen LogP contribution in [0.5, 0.6) is 0 Å². The fourth-order valence-electron chi connectivity index (χ4n) is 2.07. The summed E-state index contributed by atoms with van der Waals surface area (Å²) in [5, 5.41) is 2.96. The summed E-state index contributed by atoms with van der Waals surface area (Å²) in [5.74, 6) is 0.804. The number of hydrogen-bond donors (Lipinski definition) is 1. The van der Waals surface area contributed by atoms with Gasteiger partial charge in [0.1, 0.15) is 0 Å². The quantitative estimate of drug-likeness (QED) is 0.869. The molecule has 92 valence electrons. The third-order valence-corrected chi connectivity index (χ3v) is 3.10. The van der Waals surface area contributed by atoms with E-state index in [0.717, 1.165) is 30.9 Å². The Morgan fingerprint density at radius 1 is 1.35 bits per heavy atom. The summed E-state index contributed by atoms with van der Waals surface area (Å²) in [7, 11) is 0. The zero-order valence-corrected chi connectivity index (χ0v) is 10.6. The highest BCUT2D eigenvalue weighted by Gasteiger charge is 2.18. The first-order chi connectivity index (χ1) is 8.16. The van der Waals surface area contributed by atoms with E-state index < -0.39 is 0 Å². The van der Waals surface area contributed by atoms with E-state index in [1.54, 1.807) is 0 Å². The van der Waals surface area contributed by atoms with Crippen molar-refractivity contribution in [3.8, 4) is 0 Å². The van der Waals surface area contributed by atoms with Crippen molar-refractivity contribution >= 4 is 17.3 Å². The Morgan fingerprint density at radius 3 is 2.88 bits per heavy atom. The van der Waals surface area contributed by atoms with Crippen LogP contribution >= 0.6 is 0 Å². The highest BCUT2D eigenvalue weighted by Crippen LogP contribution is 2.28. The van der Waals surface area contributed by atoms with Crippen LogP contribution in [0, 0.1) is 5.92 Å². The van der Waals surface area contributed by atoms with Gasteiger partial charge in [0.2, 0.25) is 5.91 Å². The number of carbonyl (C=O) groups excluding carboxylic acids is 1. The molecule has 3 heteroatoms. The second-order valence-electron chi connectivity index (χ2n) is 4.98. The van der Waals surface area contributed by atoms with Crippen molar-refractivity contribution in [1.82, 2.24) is 0 Å². The van der Waals surface area contributed by atoms with Gasteiger partial charge in [0, 0.05) is 19.5 Å². The summed E-state index contributed by atoms with van der Waals surface area (Å²) in [6.07, 6.45) is 1.73. The third-order valence-electron chi connectivity index (χ3n) is 3.10. The zero-order chi connectivity index (χ0) is 12.3. The molecular weight excluding hydrogens is 212 g/mol. The Kier molecular flexibility index (Phi) is 3.67. The Bertz CT molecular complexity index is 401. The minimum atomic E-state index is 0.115. The van der Waals surface area contributed by atoms with Crippen molar-refractivity contribution in [1.29, 1.82) is 0 Å². The molecule has 17 heavy (non-hydrogen) atoms. The molecule has 1 aliphatic heterocycles. The number of fused-ring (bicyclic) bond motifs is 1. The molecule has 0 unspecified atom stereocenters. The van der Waals surface area contributed by atoms with Crippen LogP contribution in [0.25, 0.3) is 0 Å². The SMILES string of the molecule is CC(C)CCN1CCC(=O)Nc2ccccc21. The van der Waals surface area contributed by atoms with Crippen LogP contribution in [0.15, 0.2) is 24.3 Å². The van der Waals surface area contributed by atoms with Gasteiger partial charge in [-0.25, -0.2) is 0 Å². The van der Waals surface area contributed by atoms with Gasteiger partial charge < -0.3 is 10.2 Å². The van der Waals surface area contributed by atoms with Crippen molar-refractivity contribution in [2.45, 2.75) is 26.7 Å². The standard InChI is InChI=1S/C14H20N2O/c1-11(2)7-9-16-10-8-14(17)15-12-5-3-4-6-13(12)16/h3-6,11H,7-10H2,1-2H3,(H,15,17). The fraction of sp³-hybridized carbons (Fsp3) is 0.500.